The molecule has 0 aliphatic heterocycles. The minimum absolute atomic E-state index is 0.557. The van der Waals surface area contributed by atoms with Crippen molar-refractivity contribution in [1.82, 2.24) is 9.47 Å². The third-order valence-corrected chi connectivity index (χ3v) is 2.95. The quantitative estimate of drug-likeness (QED) is 0.480. The molecular formula is C14H17N3O2. The fraction of sp³-hybridized carbons (Fsp3) is 0.286. The number of ether oxygens (including phenoxy) is 1. The fourth-order valence-corrected chi connectivity index (χ4v) is 1.99. The predicted molar refractivity (Wildman–Crippen MR) is 76.7 cm³/mol. The van der Waals surface area contributed by atoms with Crippen LogP contribution in [0.5, 0.6) is 5.75 Å². The zero-order valence-corrected chi connectivity index (χ0v) is 11.5. The van der Waals surface area contributed by atoms with Crippen molar-refractivity contribution in [2.75, 3.05) is 21.2 Å². The van der Waals surface area contributed by atoms with Gasteiger partial charge in [0.1, 0.15) is 17.1 Å². The second kappa shape index (κ2) is 5.14. The molecule has 0 bridgehead atoms. The summed E-state index contributed by atoms with van der Waals surface area (Å²) >= 11 is 0. The van der Waals surface area contributed by atoms with E-state index in [0.29, 0.717) is 11.4 Å². The standard InChI is InChI=1S/C14H17N3O2/c1-16(2)9-15-14-11-7-10(19-4)5-6-12(11)17(3)13(14)8-18/h5-9H,1-4H3. The van der Waals surface area contributed by atoms with Crippen LogP contribution >= 0.6 is 0 Å². The van der Waals surface area contributed by atoms with Gasteiger partial charge in [-0.25, -0.2) is 4.99 Å². The average molecular weight is 259 g/mol. The van der Waals surface area contributed by atoms with E-state index in [0.717, 1.165) is 22.9 Å². The molecule has 0 aliphatic carbocycles. The van der Waals surface area contributed by atoms with E-state index in [2.05, 4.69) is 4.99 Å². The van der Waals surface area contributed by atoms with Crippen molar-refractivity contribution in [1.29, 1.82) is 0 Å². The molecule has 0 unspecified atom stereocenters. The maximum atomic E-state index is 11.3. The van der Waals surface area contributed by atoms with Crippen molar-refractivity contribution in [2.45, 2.75) is 0 Å². The second-order valence-electron chi connectivity index (χ2n) is 4.50. The summed E-state index contributed by atoms with van der Waals surface area (Å²) in [6.07, 6.45) is 2.51. The second-order valence-corrected chi connectivity index (χ2v) is 4.50. The van der Waals surface area contributed by atoms with Crippen molar-refractivity contribution >= 4 is 29.2 Å². The minimum Gasteiger partial charge on any atom is -0.497 e. The van der Waals surface area contributed by atoms with Crippen LogP contribution in [0.4, 0.5) is 5.69 Å². The van der Waals surface area contributed by atoms with E-state index in [1.165, 1.54) is 0 Å². The third kappa shape index (κ3) is 2.31. The number of aldehydes is 1. The van der Waals surface area contributed by atoms with Crippen LogP contribution in [0.15, 0.2) is 23.2 Å². The summed E-state index contributed by atoms with van der Waals surface area (Å²) in [4.78, 5) is 17.5. The molecule has 0 spiro atoms. The van der Waals surface area contributed by atoms with Gasteiger partial charge in [-0.1, -0.05) is 0 Å². The lowest BCUT2D eigenvalue weighted by Gasteiger charge is -2.02. The highest BCUT2D eigenvalue weighted by Gasteiger charge is 2.14. The van der Waals surface area contributed by atoms with Crippen LogP contribution in [0, 0.1) is 0 Å². The Balaban J connectivity index is 2.73. The van der Waals surface area contributed by atoms with Gasteiger partial charge in [-0.15, -0.1) is 0 Å². The van der Waals surface area contributed by atoms with Gasteiger partial charge in [0.05, 0.1) is 19.0 Å². The SMILES string of the molecule is COc1ccc2c(c1)c(N=CN(C)C)c(C=O)n2C. The number of methoxy groups -OCH3 is 1. The summed E-state index contributed by atoms with van der Waals surface area (Å²) in [7, 11) is 7.24. The maximum Gasteiger partial charge on any atom is 0.168 e. The molecule has 1 aromatic carbocycles. The number of nitrogens with zero attached hydrogens (tertiary/aromatic N) is 3. The summed E-state index contributed by atoms with van der Waals surface area (Å²) < 4.78 is 7.06. The smallest absolute Gasteiger partial charge is 0.168 e. The molecule has 0 fully saturated rings. The van der Waals surface area contributed by atoms with Crippen molar-refractivity contribution in [3.8, 4) is 5.75 Å². The minimum atomic E-state index is 0.557. The summed E-state index contributed by atoms with van der Waals surface area (Å²) in [5.41, 5.74) is 2.18. The van der Waals surface area contributed by atoms with Crippen LogP contribution in [0.2, 0.25) is 0 Å². The monoisotopic (exact) mass is 259 g/mol. The molecule has 1 heterocycles. The molecule has 2 rings (SSSR count). The summed E-state index contributed by atoms with van der Waals surface area (Å²) in [5, 5.41) is 0.905. The van der Waals surface area contributed by atoms with E-state index >= 15 is 0 Å². The first-order valence-electron chi connectivity index (χ1n) is 5.90. The van der Waals surface area contributed by atoms with E-state index in [1.54, 1.807) is 13.4 Å². The third-order valence-electron chi connectivity index (χ3n) is 2.95. The van der Waals surface area contributed by atoms with Crippen LogP contribution < -0.4 is 4.74 Å². The van der Waals surface area contributed by atoms with Crippen LogP contribution in [0.3, 0.4) is 0 Å². The zero-order chi connectivity index (χ0) is 14.0. The van der Waals surface area contributed by atoms with Crippen molar-refractivity contribution in [3.63, 3.8) is 0 Å². The number of hydrogen-bond acceptors (Lipinski definition) is 3. The Kier molecular flexibility index (Phi) is 3.55. The van der Waals surface area contributed by atoms with Gasteiger partial charge in [0, 0.05) is 26.5 Å². The molecule has 0 radical (unpaired) electrons. The van der Waals surface area contributed by atoms with Crippen LogP contribution in [0.1, 0.15) is 10.5 Å². The Bertz CT molecular complexity index is 642. The molecule has 0 atom stereocenters. The van der Waals surface area contributed by atoms with Crippen LogP contribution in [-0.2, 0) is 7.05 Å². The van der Waals surface area contributed by atoms with Crippen molar-refractivity contribution in [3.05, 3.63) is 23.9 Å². The Morgan fingerprint density at radius 3 is 2.68 bits per heavy atom. The van der Waals surface area contributed by atoms with Gasteiger partial charge >= 0.3 is 0 Å². The van der Waals surface area contributed by atoms with E-state index in [1.807, 2.05) is 48.8 Å². The molecule has 100 valence electrons. The zero-order valence-electron chi connectivity index (χ0n) is 11.5. The Morgan fingerprint density at radius 1 is 1.37 bits per heavy atom. The number of aryl methyl sites for hydroxylation is 1. The highest BCUT2D eigenvalue weighted by Crippen LogP contribution is 2.34. The summed E-state index contributed by atoms with van der Waals surface area (Å²) in [5.74, 6) is 0.747. The van der Waals surface area contributed by atoms with Gasteiger partial charge in [-0.2, -0.15) is 0 Å². The first kappa shape index (κ1) is 13.1. The van der Waals surface area contributed by atoms with E-state index in [9.17, 15) is 4.79 Å². The summed E-state index contributed by atoms with van der Waals surface area (Å²) in [6, 6.07) is 5.69. The number of hydrogen-bond donors (Lipinski definition) is 0. The number of benzene rings is 1. The van der Waals surface area contributed by atoms with Gasteiger partial charge in [-0.05, 0) is 18.2 Å². The Labute approximate surface area is 112 Å². The fourth-order valence-electron chi connectivity index (χ4n) is 1.99. The molecule has 0 amide bonds. The number of aromatic nitrogens is 1. The van der Waals surface area contributed by atoms with E-state index in [-0.39, 0.29) is 0 Å². The number of aliphatic imine (C=N–C) groups is 1. The molecule has 5 heteroatoms. The average Bonchev–Trinajstić information content (AvgIpc) is 2.67. The molecule has 0 N–H and O–H groups in total. The first-order valence-corrected chi connectivity index (χ1v) is 5.90. The topological polar surface area (TPSA) is 46.8 Å². The van der Waals surface area contributed by atoms with Gasteiger partial charge in [0.25, 0.3) is 0 Å². The normalized spacial score (nSPS) is 11.2. The Morgan fingerprint density at radius 2 is 2.11 bits per heavy atom. The highest BCUT2D eigenvalue weighted by atomic mass is 16.5. The molecule has 2 aromatic rings. The molecule has 0 aliphatic rings. The van der Waals surface area contributed by atoms with Crippen LogP contribution in [0.25, 0.3) is 10.9 Å². The predicted octanol–water partition coefficient (Wildman–Crippen LogP) is 2.22. The number of rotatable bonds is 4. The first-order chi connectivity index (χ1) is 9.08. The van der Waals surface area contributed by atoms with Gasteiger partial charge in [-0.3, -0.25) is 4.79 Å². The molecular weight excluding hydrogens is 242 g/mol. The molecule has 0 saturated carbocycles. The lowest BCUT2D eigenvalue weighted by Crippen LogP contribution is -2.07. The largest absolute Gasteiger partial charge is 0.497 e. The van der Waals surface area contributed by atoms with E-state index < -0.39 is 0 Å². The van der Waals surface area contributed by atoms with Crippen molar-refractivity contribution < 1.29 is 9.53 Å². The van der Waals surface area contributed by atoms with Gasteiger partial charge in [0.2, 0.25) is 0 Å². The number of fused-ring (bicyclic) bond motifs is 1. The van der Waals surface area contributed by atoms with Gasteiger partial charge in [0.15, 0.2) is 6.29 Å². The Hall–Kier alpha value is -2.30. The number of carbonyl (C=O) groups is 1. The maximum absolute atomic E-state index is 11.3. The lowest BCUT2D eigenvalue weighted by molar-refractivity contribution is 0.111. The van der Waals surface area contributed by atoms with E-state index in [4.69, 9.17) is 4.74 Å². The molecule has 5 nitrogen and oxygen atoms in total. The van der Waals surface area contributed by atoms with Gasteiger partial charge < -0.3 is 14.2 Å². The van der Waals surface area contributed by atoms with Crippen LogP contribution in [-0.4, -0.2) is 43.3 Å². The lowest BCUT2D eigenvalue weighted by atomic mass is 10.2. The van der Waals surface area contributed by atoms with Crippen molar-refractivity contribution in [2.24, 2.45) is 12.0 Å². The summed E-state index contributed by atoms with van der Waals surface area (Å²) in [6.45, 7) is 0. The number of carbonyl (C=O) groups excluding carboxylic acids is 1. The molecule has 19 heavy (non-hydrogen) atoms. The molecule has 0 saturated heterocycles. The highest BCUT2D eigenvalue weighted by molar-refractivity contribution is 6.02. The molecule has 1 aromatic heterocycles.